The zero-order valence-electron chi connectivity index (χ0n) is 12.1. The summed E-state index contributed by atoms with van der Waals surface area (Å²) in [6, 6.07) is 2.07. The predicted octanol–water partition coefficient (Wildman–Crippen LogP) is 3.21. The highest BCUT2D eigenvalue weighted by molar-refractivity contribution is 7.16. The van der Waals surface area contributed by atoms with Gasteiger partial charge in [-0.3, -0.25) is 4.90 Å². The Bertz CT molecular complexity index is 535. The maximum absolute atomic E-state index is 4.66. The maximum Gasteiger partial charge on any atom is 0.146 e. The Hall–Kier alpha value is -1.20. The van der Waals surface area contributed by atoms with Gasteiger partial charge in [0.25, 0.3) is 0 Å². The number of anilines is 1. The molecule has 104 valence electrons. The van der Waals surface area contributed by atoms with Crippen molar-refractivity contribution in [2.45, 2.75) is 27.3 Å². The molecule has 0 amide bonds. The highest BCUT2D eigenvalue weighted by atomic mass is 32.1. The van der Waals surface area contributed by atoms with Crippen LogP contribution in [0.2, 0.25) is 0 Å². The SMILES string of the molecule is CCN(Cc1nc(NC)c2ccsc2n1)CC(C)C. The largest absolute Gasteiger partial charge is 0.372 e. The lowest BCUT2D eigenvalue weighted by Crippen LogP contribution is -2.28. The number of hydrogen-bond donors (Lipinski definition) is 1. The zero-order valence-corrected chi connectivity index (χ0v) is 12.9. The lowest BCUT2D eigenvalue weighted by atomic mass is 10.2. The van der Waals surface area contributed by atoms with Crippen molar-refractivity contribution in [3.05, 3.63) is 17.3 Å². The van der Waals surface area contributed by atoms with Gasteiger partial charge in [0, 0.05) is 13.6 Å². The van der Waals surface area contributed by atoms with E-state index in [9.17, 15) is 0 Å². The molecule has 2 heterocycles. The van der Waals surface area contributed by atoms with E-state index in [0.29, 0.717) is 5.92 Å². The van der Waals surface area contributed by atoms with E-state index in [1.165, 1.54) is 0 Å². The lowest BCUT2D eigenvalue weighted by Gasteiger charge is -2.21. The normalized spacial score (nSPS) is 11.7. The first-order chi connectivity index (χ1) is 9.13. The molecule has 0 spiro atoms. The summed E-state index contributed by atoms with van der Waals surface area (Å²) in [6.45, 7) is 9.59. The Morgan fingerprint density at radius 1 is 1.37 bits per heavy atom. The molecule has 0 saturated carbocycles. The number of fused-ring (bicyclic) bond motifs is 1. The Balaban J connectivity index is 2.24. The molecule has 0 aliphatic heterocycles. The highest BCUT2D eigenvalue weighted by Gasteiger charge is 2.11. The van der Waals surface area contributed by atoms with Crippen molar-refractivity contribution in [3.8, 4) is 0 Å². The minimum Gasteiger partial charge on any atom is -0.372 e. The van der Waals surface area contributed by atoms with Gasteiger partial charge in [-0.05, 0) is 23.9 Å². The molecule has 0 aromatic carbocycles. The van der Waals surface area contributed by atoms with Gasteiger partial charge in [-0.1, -0.05) is 20.8 Å². The van der Waals surface area contributed by atoms with Gasteiger partial charge < -0.3 is 5.32 Å². The summed E-state index contributed by atoms with van der Waals surface area (Å²) in [5, 5.41) is 6.34. The fourth-order valence-corrected chi connectivity index (χ4v) is 2.97. The maximum atomic E-state index is 4.66. The van der Waals surface area contributed by atoms with Gasteiger partial charge in [0.05, 0.1) is 11.9 Å². The predicted molar refractivity (Wildman–Crippen MR) is 82.8 cm³/mol. The van der Waals surface area contributed by atoms with Gasteiger partial charge in [-0.25, -0.2) is 9.97 Å². The molecule has 0 atom stereocenters. The third kappa shape index (κ3) is 3.42. The smallest absolute Gasteiger partial charge is 0.146 e. The van der Waals surface area contributed by atoms with Gasteiger partial charge in [0.2, 0.25) is 0 Å². The fourth-order valence-electron chi connectivity index (χ4n) is 2.18. The second-order valence-electron chi connectivity index (χ2n) is 5.10. The van der Waals surface area contributed by atoms with Crippen molar-refractivity contribution in [3.63, 3.8) is 0 Å². The van der Waals surface area contributed by atoms with Crippen LogP contribution in [-0.4, -0.2) is 35.0 Å². The molecule has 2 aromatic rings. The molecule has 0 radical (unpaired) electrons. The van der Waals surface area contributed by atoms with Crippen LogP contribution in [0.3, 0.4) is 0 Å². The topological polar surface area (TPSA) is 41.1 Å². The molecule has 0 bridgehead atoms. The van der Waals surface area contributed by atoms with Crippen LogP contribution >= 0.6 is 11.3 Å². The number of thiophene rings is 1. The number of nitrogens with zero attached hydrogens (tertiary/aromatic N) is 3. The summed E-state index contributed by atoms with van der Waals surface area (Å²) in [4.78, 5) is 12.7. The number of rotatable bonds is 6. The quantitative estimate of drug-likeness (QED) is 0.881. The van der Waals surface area contributed by atoms with Crippen LogP contribution in [0.5, 0.6) is 0 Å². The molecule has 4 nitrogen and oxygen atoms in total. The van der Waals surface area contributed by atoms with Crippen LogP contribution in [0, 0.1) is 5.92 Å². The second kappa shape index (κ2) is 6.30. The molecule has 5 heteroatoms. The summed E-state index contributed by atoms with van der Waals surface area (Å²) in [6.07, 6.45) is 0. The van der Waals surface area contributed by atoms with E-state index in [-0.39, 0.29) is 0 Å². The minimum absolute atomic E-state index is 0.661. The van der Waals surface area contributed by atoms with E-state index < -0.39 is 0 Å². The molecular formula is C14H22N4S. The lowest BCUT2D eigenvalue weighted by molar-refractivity contribution is 0.243. The number of nitrogens with one attached hydrogen (secondary N) is 1. The van der Waals surface area contributed by atoms with Crippen molar-refractivity contribution in [2.24, 2.45) is 5.92 Å². The molecule has 0 saturated heterocycles. The van der Waals surface area contributed by atoms with Crippen LogP contribution in [0.4, 0.5) is 5.82 Å². The average Bonchev–Trinajstić information content (AvgIpc) is 2.84. The molecule has 0 fully saturated rings. The summed E-state index contributed by atoms with van der Waals surface area (Å²) in [5.74, 6) is 2.50. The van der Waals surface area contributed by atoms with Crippen LogP contribution in [0.15, 0.2) is 11.4 Å². The van der Waals surface area contributed by atoms with Crippen LogP contribution in [0.25, 0.3) is 10.2 Å². The van der Waals surface area contributed by atoms with E-state index in [0.717, 1.165) is 41.5 Å². The minimum atomic E-state index is 0.661. The van der Waals surface area contributed by atoms with E-state index in [1.54, 1.807) is 11.3 Å². The summed E-state index contributed by atoms with van der Waals surface area (Å²) in [5.41, 5.74) is 0. The monoisotopic (exact) mass is 278 g/mol. The van der Waals surface area contributed by atoms with Crippen molar-refractivity contribution in [1.29, 1.82) is 0 Å². The van der Waals surface area contributed by atoms with Crippen LogP contribution in [0.1, 0.15) is 26.6 Å². The average molecular weight is 278 g/mol. The number of aromatic nitrogens is 2. The Labute approximate surface area is 118 Å². The standard InChI is InChI=1S/C14H22N4S/c1-5-18(8-10(2)3)9-12-16-13(15-4)11-6-7-19-14(11)17-12/h6-7,10H,5,8-9H2,1-4H3,(H,15,16,17). The Morgan fingerprint density at radius 3 is 2.79 bits per heavy atom. The Morgan fingerprint density at radius 2 is 2.16 bits per heavy atom. The van der Waals surface area contributed by atoms with Gasteiger partial charge in [0.15, 0.2) is 0 Å². The molecule has 2 rings (SSSR count). The van der Waals surface area contributed by atoms with E-state index in [4.69, 9.17) is 0 Å². The van der Waals surface area contributed by atoms with Crippen molar-refractivity contribution < 1.29 is 0 Å². The molecule has 0 aliphatic carbocycles. The molecule has 0 unspecified atom stereocenters. The molecule has 19 heavy (non-hydrogen) atoms. The van der Waals surface area contributed by atoms with Crippen molar-refractivity contribution in [2.75, 3.05) is 25.5 Å². The summed E-state index contributed by atoms with van der Waals surface area (Å²) >= 11 is 1.67. The summed E-state index contributed by atoms with van der Waals surface area (Å²) < 4.78 is 0. The van der Waals surface area contributed by atoms with E-state index in [1.807, 2.05) is 7.05 Å². The van der Waals surface area contributed by atoms with Gasteiger partial charge >= 0.3 is 0 Å². The zero-order chi connectivity index (χ0) is 13.8. The van der Waals surface area contributed by atoms with Crippen molar-refractivity contribution in [1.82, 2.24) is 14.9 Å². The molecule has 2 aromatic heterocycles. The molecule has 0 aliphatic rings. The van der Waals surface area contributed by atoms with E-state index >= 15 is 0 Å². The van der Waals surface area contributed by atoms with E-state index in [2.05, 4.69) is 52.4 Å². The van der Waals surface area contributed by atoms with Gasteiger partial charge in [0.1, 0.15) is 16.5 Å². The second-order valence-corrected chi connectivity index (χ2v) is 5.99. The molecular weight excluding hydrogens is 256 g/mol. The van der Waals surface area contributed by atoms with Gasteiger partial charge in [-0.15, -0.1) is 11.3 Å². The fraction of sp³-hybridized carbons (Fsp3) is 0.571. The third-order valence-electron chi connectivity index (χ3n) is 3.04. The summed E-state index contributed by atoms with van der Waals surface area (Å²) in [7, 11) is 1.91. The van der Waals surface area contributed by atoms with Gasteiger partial charge in [-0.2, -0.15) is 0 Å². The number of hydrogen-bond acceptors (Lipinski definition) is 5. The highest BCUT2D eigenvalue weighted by Crippen LogP contribution is 2.25. The van der Waals surface area contributed by atoms with Crippen molar-refractivity contribution >= 4 is 27.4 Å². The Kier molecular flexibility index (Phi) is 4.71. The molecule has 1 N–H and O–H groups in total. The van der Waals surface area contributed by atoms with Crippen LogP contribution < -0.4 is 5.32 Å². The third-order valence-corrected chi connectivity index (χ3v) is 3.85. The first-order valence-electron chi connectivity index (χ1n) is 6.78. The first kappa shape index (κ1) is 14.2. The van der Waals surface area contributed by atoms with Crippen LogP contribution in [-0.2, 0) is 6.54 Å². The first-order valence-corrected chi connectivity index (χ1v) is 7.66.